The average Bonchev–Trinajstić information content (AvgIpc) is 3.45. The monoisotopic (exact) mass is 448 g/mol. The number of aliphatic imine (C=N–C) groups is 2. The largest absolute Gasteiger partial charge is 0.486 e. The first-order valence-corrected chi connectivity index (χ1v) is 11.5. The van der Waals surface area contributed by atoms with Gasteiger partial charge in [0, 0.05) is 29.1 Å². The number of benzene rings is 2. The van der Waals surface area contributed by atoms with Crippen LogP contribution < -0.4 is 15.4 Å². The first kappa shape index (κ1) is 20.6. The summed E-state index contributed by atoms with van der Waals surface area (Å²) in [6.45, 7) is 6.06. The SMILES string of the molecule is Cc1cc(Nc2ncnc3ccc(NC4=NC(C)CO4)cc23)ccc1OCC1=NCCS1. The summed E-state index contributed by atoms with van der Waals surface area (Å²) < 4.78 is 11.5. The predicted molar refractivity (Wildman–Crippen MR) is 131 cm³/mol. The number of aromatic nitrogens is 2. The Kier molecular flexibility index (Phi) is 5.81. The van der Waals surface area contributed by atoms with Crippen molar-refractivity contribution in [3.05, 3.63) is 48.3 Å². The van der Waals surface area contributed by atoms with Gasteiger partial charge in [-0.15, -0.1) is 11.8 Å². The van der Waals surface area contributed by atoms with Crippen molar-refractivity contribution < 1.29 is 9.47 Å². The van der Waals surface area contributed by atoms with Crippen molar-refractivity contribution >= 4 is 50.9 Å². The van der Waals surface area contributed by atoms with Gasteiger partial charge in [-0.3, -0.25) is 4.99 Å². The fourth-order valence-corrected chi connectivity index (χ4v) is 4.28. The summed E-state index contributed by atoms with van der Waals surface area (Å²) in [5.74, 6) is 2.63. The number of ether oxygens (including phenoxy) is 2. The van der Waals surface area contributed by atoms with Crippen molar-refractivity contribution in [3.8, 4) is 5.75 Å². The summed E-state index contributed by atoms with van der Waals surface area (Å²) in [6.07, 6.45) is 1.56. The number of hydrogen-bond donors (Lipinski definition) is 2. The van der Waals surface area contributed by atoms with Crippen molar-refractivity contribution in [1.29, 1.82) is 0 Å². The molecule has 8 nitrogen and oxygen atoms in total. The van der Waals surface area contributed by atoms with E-state index in [0.29, 0.717) is 19.2 Å². The Morgan fingerprint density at radius 2 is 2.00 bits per heavy atom. The van der Waals surface area contributed by atoms with E-state index in [1.807, 2.05) is 44.2 Å². The molecule has 0 radical (unpaired) electrons. The molecule has 2 N–H and O–H groups in total. The van der Waals surface area contributed by atoms with Gasteiger partial charge in [0.05, 0.1) is 11.6 Å². The van der Waals surface area contributed by atoms with Crippen LogP contribution in [0.25, 0.3) is 10.9 Å². The smallest absolute Gasteiger partial charge is 0.289 e. The van der Waals surface area contributed by atoms with E-state index < -0.39 is 0 Å². The van der Waals surface area contributed by atoms with Crippen LogP contribution in [0.1, 0.15) is 12.5 Å². The average molecular weight is 449 g/mol. The molecular formula is C23H24N6O2S. The molecule has 1 atom stereocenters. The number of nitrogens with zero attached hydrogens (tertiary/aromatic N) is 4. The third kappa shape index (κ3) is 4.62. The lowest BCUT2D eigenvalue weighted by Crippen LogP contribution is -2.11. The number of thioether (sulfide) groups is 1. The molecule has 32 heavy (non-hydrogen) atoms. The summed E-state index contributed by atoms with van der Waals surface area (Å²) in [6, 6.07) is 12.6. The maximum Gasteiger partial charge on any atom is 0.289 e. The van der Waals surface area contributed by atoms with Gasteiger partial charge in [-0.1, -0.05) is 0 Å². The van der Waals surface area contributed by atoms with E-state index in [1.165, 1.54) is 0 Å². The zero-order valence-electron chi connectivity index (χ0n) is 18.0. The highest BCUT2D eigenvalue weighted by molar-refractivity contribution is 8.14. The molecular weight excluding hydrogens is 424 g/mol. The molecule has 0 saturated heterocycles. The fraction of sp³-hybridized carbons (Fsp3) is 0.304. The van der Waals surface area contributed by atoms with Gasteiger partial charge in [0.25, 0.3) is 6.02 Å². The highest BCUT2D eigenvalue weighted by Crippen LogP contribution is 2.29. The summed E-state index contributed by atoms with van der Waals surface area (Å²) in [5, 5.41) is 8.60. The zero-order valence-corrected chi connectivity index (χ0v) is 18.8. The lowest BCUT2D eigenvalue weighted by atomic mass is 10.1. The molecule has 0 fully saturated rings. The molecule has 0 saturated carbocycles. The molecule has 9 heteroatoms. The Labute approximate surface area is 190 Å². The van der Waals surface area contributed by atoms with Gasteiger partial charge in [0.15, 0.2) is 0 Å². The second-order valence-electron chi connectivity index (χ2n) is 7.69. The molecule has 0 spiro atoms. The standard InChI is InChI=1S/C23H24N6O2S/c1-14-9-16(4-6-20(14)30-12-21-24-7-8-32-21)28-22-18-10-17(3-5-19(18)25-13-26-22)29-23-27-15(2)11-31-23/h3-6,9-10,13,15H,7-8,11-12H2,1-2H3,(H,27,29)(H,25,26,28). The molecule has 2 aliphatic rings. The van der Waals surface area contributed by atoms with Gasteiger partial charge in [-0.25, -0.2) is 15.0 Å². The van der Waals surface area contributed by atoms with E-state index in [0.717, 1.165) is 56.7 Å². The molecule has 0 bridgehead atoms. The summed E-state index contributed by atoms with van der Waals surface area (Å²) in [4.78, 5) is 17.7. The number of aryl methyl sites for hydroxylation is 1. The zero-order chi connectivity index (χ0) is 21.9. The Bertz CT molecular complexity index is 1210. The molecule has 1 aromatic heterocycles. The second-order valence-corrected chi connectivity index (χ2v) is 8.86. The highest BCUT2D eigenvalue weighted by atomic mass is 32.2. The van der Waals surface area contributed by atoms with E-state index in [2.05, 4.69) is 36.7 Å². The van der Waals surface area contributed by atoms with Gasteiger partial charge in [-0.2, -0.15) is 0 Å². The van der Waals surface area contributed by atoms with E-state index in [1.54, 1.807) is 18.1 Å². The lowest BCUT2D eigenvalue weighted by Gasteiger charge is -2.13. The highest BCUT2D eigenvalue weighted by Gasteiger charge is 2.15. The van der Waals surface area contributed by atoms with Crippen LogP contribution in [-0.2, 0) is 4.74 Å². The van der Waals surface area contributed by atoms with Gasteiger partial charge in [0.2, 0.25) is 0 Å². The fourth-order valence-electron chi connectivity index (χ4n) is 3.53. The van der Waals surface area contributed by atoms with Crippen LogP contribution in [0.15, 0.2) is 52.7 Å². The van der Waals surface area contributed by atoms with Gasteiger partial charge in [0.1, 0.15) is 36.2 Å². The molecule has 2 aliphatic heterocycles. The first-order chi connectivity index (χ1) is 15.6. The van der Waals surface area contributed by atoms with Crippen LogP contribution in [0, 0.1) is 6.92 Å². The maximum atomic E-state index is 5.95. The quantitative estimate of drug-likeness (QED) is 0.578. The molecule has 164 valence electrons. The van der Waals surface area contributed by atoms with Crippen LogP contribution in [0.5, 0.6) is 5.75 Å². The topological polar surface area (TPSA) is 93.0 Å². The van der Waals surface area contributed by atoms with Crippen LogP contribution >= 0.6 is 11.8 Å². The van der Waals surface area contributed by atoms with Crippen molar-refractivity contribution in [2.75, 3.05) is 36.1 Å². The Morgan fingerprint density at radius 1 is 1.12 bits per heavy atom. The summed E-state index contributed by atoms with van der Waals surface area (Å²) >= 11 is 1.76. The number of hydrogen-bond acceptors (Lipinski definition) is 9. The normalized spacial score (nSPS) is 17.6. The third-order valence-corrected chi connectivity index (χ3v) is 6.09. The van der Waals surface area contributed by atoms with Crippen LogP contribution in [-0.4, -0.2) is 52.6 Å². The Balaban J connectivity index is 1.34. The van der Waals surface area contributed by atoms with E-state index in [-0.39, 0.29) is 6.04 Å². The number of rotatable bonds is 6. The van der Waals surface area contributed by atoms with Gasteiger partial charge >= 0.3 is 0 Å². The molecule has 0 aliphatic carbocycles. The van der Waals surface area contributed by atoms with Crippen molar-refractivity contribution in [3.63, 3.8) is 0 Å². The second kappa shape index (κ2) is 9.04. The molecule has 1 unspecified atom stereocenters. The number of fused-ring (bicyclic) bond motifs is 1. The van der Waals surface area contributed by atoms with E-state index in [9.17, 15) is 0 Å². The maximum absolute atomic E-state index is 5.95. The Hall–Kier alpha value is -3.33. The number of anilines is 3. The molecule has 3 aromatic rings. The van der Waals surface area contributed by atoms with E-state index in [4.69, 9.17) is 9.47 Å². The van der Waals surface area contributed by atoms with Gasteiger partial charge in [-0.05, 0) is 55.8 Å². The molecule has 0 amide bonds. The van der Waals surface area contributed by atoms with Crippen molar-refractivity contribution in [1.82, 2.24) is 9.97 Å². The van der Waals surface area contributed by atoms with Crippen molar-refractivity contribution in [2.45, 2.75) is 19.9 Å². The van der Waals surface area contributed by atoms with Crippen LogP contribution in [0.2, 0.25) is 0 Å². The minimum Gasteiger partial charge on any atom is -0.486 e. The van der Waals surface area contributed by atoms with Gasteiger partial charge < -0.3 is 20.1 Å². The first-order valence-electron chi connectivity index (χ1n) is 10.5. The third-order valence-electron chi connectivity index (χ3n) is 5.12. The molecule has 5 rings (SSSR count). The van der Waals surface area contributed by atoms with Crippen LogP contribution in [0.3, 0.4) is 0 Å². The minimum absolute atomic E-state index is 0.165. The van der Waals surface area contributed by atoms with E-state index >= 15 is 0 Å². The Morgan fingerprint density at radius 3 is 2.78 bits per heavy atom. The minimum atomic E-state index is 0.165. The number of nitrogens with one attached hydrogen (secondary N) is 2. The van der Waals surface area contributed by atoms with Crippen LogP contribution in [0.4, 0.5) is 17.2 Å². The number of amidine groups is 1. The predicted octanol–water partition coefficient (Wildman–Crippen LogP) is 4.39. The molecule has 3 heterocycles. The van der Waals surface area contributed by atoms with Crippen molar-refractivity contribution in [2.24, 2.45) is 9.98 Å². The molecule has 2 aromatic carbocycles. The summed E-state index contributed by atoms with van der Waals surface area (Å²) in [7, 11) is 0. The lowest BCUT2D eigenvalue weighted by molar-refractivity contribution is 0.322. The summed E-state index contributed by atoms with van der Waals surface area (Å²) in [5.41, 5.74) is 3.70.